The monoisotopic (exact) mass is 474 g/mol. The maximum atomic E-state index is 3.69. The Morgan fingerprint density at radius 3 is 1.83 bits per heavy atom. The van der Waals surface area contributed by atoms with E-state index in [4.69, 9.17) is 0 Å². The Hall–Kier alpha value is -1.46. The van der Waals surface area contributed by atoms with Crippen molar-refractivity contribution in [3.05, 3.63) is 88.0 Å². The summed E-state index contributed by atoms with van der Waals surface area (Å²) in [6, 6.07) is 20.9. The van der Waals surface area contributed by atoms with Crippen LogP contribution >= 0.6 is 0 Å². The minimum Gasteiger partial charge on any atom is -0.214 e. The van der Waals surface area contributed by atoms with Gasteiger partial charge in [0.1, 0.15) is 0 Å². The third-order valence-electron chi connectivity index (χ3n) is 5.64. The van der Waals surface area contributed by atoms with Crippen LogP contribution < -0.4 is 0 Å². The second kappa shape index (κ2) is 9.78. The zero-order valence-corrected chi connectivity index (χ0v) is 22.5. The van der Waals surface area contributed by atoms with Crippen LogP contribution in [-0.4, -0.2) is 4.21 Å². The molecule has 0 amide bonds. The largest absolute Gasteiger partial charge is 0.214 e. The molecule has 0 fully saturated rings. The minimum atomic E-state index is 0.163. The van der Waals surface area contributed by atoms with E-state index in [1.807, 2.05) is 30.3 Å². The Morgan fingerprint density at radius 2 is 1.37 bits per heavy atom. The molecule has 0 saturated carbocycles. The van der Waals surface area contributed by atoms with Gasteiger partial charge >= 0.3 is 28.4 Å². The third-order valence-corrected chi connectivity index (χ3v) is 5.64. The molecule has 0 heterocycles. The topological polar surface area (TPSA) is 0 Å². The molecule has 3 aromatic rings. The van der Waals surface area contributed by atoms with Crippen LogP contribution in [0.4, 0.5) is 0 Å². The second-order valence-corrected chi connectivity index (χ2v) is 10.2. The van der Waals surface area contributed by atoms with Crippen molar-refractivity contribution in [1.29, 1.82) is 0 Å². The average Bonchev–Trinajstić information content (AvgIpc) is 3.31. The van der Waals surface area contributed by atoms with Crippen molar-refractivity contribution in [3.63, 3.8) is 0 Å². The molecule has 0 aliphatic heterocycles. The molecule has 0 N–H and O–H groups in total. The quantitative estimate of drug-likeness (QED) is 0.229. The van der Waals surface area contributed by atoms with E-state index in [0.717, 1.165) is 6.42 Å². The first-order valence-electron chi connectivity index (χ1n) is 10.7. The van der Waals surface area contributed by atoms with E-state index < -0.39 is 0 Å². The van der Waals surface area contributed by atoms with Gasteiger partial charge in [-0.2, -0.15) is 35.9 Å². The summed E-state index contributed by atoms with van der Waals surface area (Å²) in [5.74, 6) is 0. The molecule has 0 spiro atoms. The minimum absolute atomic E-state index is 0.163. The van der Waals surface area contributed by atoms with Gasteiger partial charge in [-0.25, -0.2) is 12.1 Å². The van der Waals surface area contributed by atoms with Gasteiger partial charge in [0.05, 0.1) is 0 Å². The summed E-state index contributed by atoms with van der Waals surface area (Å²) < 4.78 is 3.34. The average molecular weight is 476 g/mol. The molecule has 0 atom stereocenters. The molecule has 156 valence electrons. The predicted molar refractivity (Wildman–Crippen MR) is 130 cm³/mol. The van der Waals surface area contributed by atoms with Crippen LogP contribution in [-0.2, 0) is 41.5 Å². The number of hydrogen-bond donors (Lipinski definition) is 0. The zero-order chi connectivity index (χ0) is 22.7. The molecule has 0 radical (unpaired) electrons. The van der Waals surface area contributed by atoms with E-state index in [1.165, 1.54) is 68.7 Å². The Bertz CT molecular complexity index is 892. The van der Waals surface area contributed by atoms with Gasteiger partial charge in [-0.15, -0.1) is 16.7 Å². The van der Waals surface area contributed by atoms with Crippen molar-refractivity contribution in [2.24, 2.45) is 0 Å². The van der Waals surface area contributed by atoms with E-state index >= 15 is 0 Å². The van der Waals surface area contributed by atoms with E-state index in [2.05, 4.69) is 83.9 Å². The molecule has 4 rings (SSSR count). The second-order valence-electron chi connectivity index (χ2n) is 10.2. The van der Waals surface area contributed by atoms with Crippen molar-refractivity contribution >= 4 is 4.21 Å². The maximum absolute atomic E-state index is 3.69. The Labute approximate surface area is 199 Å². The molecule has 0 saturated heterocycles. The first-order valence-corrected chi connectivity index (χ1v) is 12.4. The molecule has 1 heteroatoms. The predicted octanol–water partition coefficient (Wildman–Crippen LogP) is 7.64. The maximum Gasteiger partial charge on any atom is -0.172 e. The molecule has 0 unspecified atom stereocenters. The molecule has 0 aromatic heterocycles. The molecule has 1 aliphatic carbocycles. The molecular formula is C29H36Zr. The first-order chi connectivity index (χ1) is 14.0. The molecule has 30 heavy (non-hydrogen) atoms. The fraction of sp³-hybridized carbons (Fsp3) is 0.379. The number of benzene rings is 2. The number of fused-ring (bicyclic) bond motifs is 3. The Balaban J connectivity index is 0.000000393. The Kier molecular flexibility index (Phi) is 8.09. The summed E-state index contributed by atoms with van der Waals surface area (Å²) in [5.41, 5.74) is 11.6. The van der Waals surface area contributed by atoms with E-state index in [0.29, 0.717) is 0 Å². The van der Waals surface area contributed by atoms with Crippen LogP contribution in [0.1, 0.15) is 74.9 Å². The van der Waals surface area contributed by atoms with Crippen LogP contribution in [0.15, 0.2) is 48.5 Å². The van der Waals surface area contributed by atoms with Gasteiger partial charge in [0.25, 0.3) is 0 Å². The normalized spacial score (nSPS) is 12.2. The van der Waals surface area contributed by atoms with Gasteiger partial charge in [0.15, 0.2) is 0 Å². The van der Waals surface area contributed by atoms with Crippen LogP contribution in [0, 0.1) is 19.9 Å². The molecule has 1 aliphatic rings. The fourth-order valence-electron chi connectivity index (χ4n) is 4.34. The fourth-order valence-corrected chi connectivity index (χ4v) is 4.34. The molecule has 3 aromatic carbocycles. The van der Waals surface area contributed by atoms with E-state index in [-0.39, 0.29) is 10.8 Å². The molecule has 0 bridgehead atoms. The summed E-state index contributed by atoms with van der Waals surface area (Å²) >= 11 is 1.30. The van der Waals surface area contributed by atoms with Crippen molar-refractivity contribution in [3.8, 4) is 11.1 Å². The van der Waals surface area contributed by atoms with Crippen LogP contribution in [0.2, 0.25) is 0 Å². The van der Waals surface area contributed by atoms with Crippen molar-refractivity contribution in [2.45, 2.75) is 72.6 Å². The summed E-state index contributed by atoms with van der Waals surface area (Å²) in [6.45, 7) is 18.2. The summed E-state index contributed by atoms with van der Waals surface area (Å²) in [6.07, 6.45) is 1.03. The number of hydrogen-bond acceptors (Lipinski definition) is 0. The van der Waals surface area contributed by atoms with Gasteiger partial charge in [0.2, 0.25) is 0 Å². The van der Waals surface area contributed by atoms with Gasteiger partial charge < -0.3 is 0 Å². The van der Waals surface area contributed by atoms with Crippen molar-refractivity contribution < 1.29 is 24.2 Å². The van der Waals surface area contributed by atoms with Crippen LogP contribution in [0.5, 0.6) is 0 Å². The Morgan fingerprint density at radius 1 is 0.833 bits per heavy atom. The number of aryl methyl sites for hydroxylation is 2. The summed E-state index contributed by atoms with van der Waals surface area (Å²) in [4.78, 5) is 0. The third kappa shape index (κ3) is 5.61. The van der Waals surface area contributed by atoms with E-state index in [1.54, 1.807) is 0 Å². The standard InChI is InChI=1S/C23H29.C5H5.CH2.Zr/c1-14-9-16-11-17-10-15(2)21(23(6,7)8)13-19(17)18(16)12-20(14)22(3,4)5;1-2-4-5-3-1;;/h9,12-13H,11H2,1-8H3;1-5H;1H2;/q2*-1;;+2. The summed E-state index contributed by atoms with van der Waals surface area (Å²) in [5, 5.41) is 0. The summed E-state index contributed by atoms with van der Waals surface area (Å²) in [7, 11) is 0. The van der Waals surface area contributed by atoms with Crippen LogP contribution in [0.25, 0.3) is 11.1 Å². The van der Waals surface area contributed by atoms with E-state index in [9.17, 15) is 0 Å². The van der Waals surface area contributed by atoms with Gasteiger partial charge in [0, 0.05) is 0 Å². The van der Waals surface area contributed by atoms with Crippen molar-refractivity contribution in [2.75, 3.05) is 0 Å². The van der Waals surface area contributed by atoms with Crippen LogP contribution in [0.3, 0.4) is 0 Å². The van der Waals surface area contributed by atoms with Crippen molar-refractivity contribution in [1.82, 2.24) is 0 Å². The zero-order valence-electron chi connectivity index (χ0n) is 20.0. The SMILES string of the molecule is Cc1[c-]c2c(cc1C(C)(C)C)-c1cc(C(C)(C)C)c(C)cc1C2.[CH2]=[Zr+2].c1cc[cH-]c1. The number of rotatable bonds is 0. The van der Waals surface area contributed by atoms with Gasteiger partial charge in [-0.3, -0.25) is 0 Å². The van der Waals surface area contributed by atoms with Gasteiger partial charge in [-0.05, 0) is 35.4 Å². The smallest absolute Gasteiger partial charge is 0.172 e. The molecule has 0 nitrogen and oxygen atoms in total. The first kappa shape index (κ1) is 24.8. The van der Waals surface area contributed by atoms with Gasteiger partial charge in [-0.1, -0.05) is 71.6 Å². The molecular weight excluding hydrogens is 440 g/mol.